The van der Waals surface area contributed by atoms with Crippen LogP contribution in [-0.4, -0.2) is 13.1 Å². The van der Waals surface area contributed by atoms with Crippen LogP contribution in [0.3, 0.4) is 0 Å². The number of halogens is 1. The van der Waals surface area contributed by atoms with Gasteiger partial charge in [0.05, 0.1) is 0 Å². The third-order valence-corrected chi connectivity index (χ3v) is 0.677. The van der Waals surface area contributed by atoms with Gasteiger partial charge in [-0.05, 0) is 19.5 Å². The molecule has 0 rings (SSSR count). The van der Waals surface area contributed by atoms with Crippen molar-refractivity contribution in [3.63, 3.8) is 0 Å². The molecule has 0 unspecified atom stereocenters. The SMILES string of the molecule is Br.CCCNCC. The van der Waals surface area contributed by atoms with E-state index in [-0.39, 0.29) is 17.0 Å². The molecule has 0 fully saturated rings. The summed E-state index contributed by atoms with van der Waals surface area (Å²) in [6, 6.07) is 0. The second kappa shape index (κ2) is 9.67. The van der Waals surface area contributed by atoms with E-state index in [0.29, 0.717) is 0 Å². The Morgan fingerprint density at radius 1 is 1.29 bits per heavy atom. The predicted molar refractivity (Wildman–Crippen MR) is 39.2 cm³/mol. The lowest BCUT2D eigenvalue weighted by Gasteiger charge is -1.91. The maximum absolute atomic E-state index is 3.20. The first kappa shape index (κ1) is 10.4. The van der Waals surface area contributed by atoms with E-state index in [1.54, 1.807) is 0 Å². The lowest BCUT2D eigenvalue weighted by molar-refractivity contribution is 0.703. The Balaban J connectivity index is 0. The van der Waals surface area contributed by atoms with Crippen LogP contribution in [0.4, 0.5) is 0 Å². The van der Waals surface area contributed by atoms with Crippen molar-refractivity contribution in [2.45, 2.75) is 20.3 Å². The molecule has 0 aromatic carbocycles. The van der Waals surface area contributed by atoms with Gasteiger partial charge in [0.25, 0.3) is 0 Å². The third-order valence-electron chi connectivity index (χ3n) is 0.677. The van der Waals surface area contributed by atoms with Crippen molar-refractivity contribution < 1.29 is 0 Å². The second-order valence-corrected chi connectivity index (χ2v) is 1.35. The third kappa shape index (κ3) is 10.7. The number of rotatable bonds is 3. The van der Waals surface area contributed by atoms with E-state index >= 15 is 0 Å². The molecule has 0 spiro atoms. The molecule has 0 heterocycles. The van der Waals surface area contributed by atoms with Crippen molar-refractivity contribution in [1.82, 2.24) is 5.32 Å². The first-order valence-corrected chi connectivity index (χ1v) is 2.62. The molecule has 0 radical (unpaired) electrons. The summed E-state index contributed by atoms with van der Waals surface area (Å²) >= 11 is 0. The molecule has 46 valence electrons. The van der Waals surface area contributed by atoms with Crippen LogP contribution < -0.4 is 5.32 Å². The van der Waals surface area contributed by atoms with Crippen molar-refractivity contribution in [1.29, 1.82) is 0 Å². The van der Waals surface area contributed by atoms with Crippen molar-refractivity contribution >= 4 is 17.0 Å². The fraction of sp³-hybridized carbons (Fsp3) is 1.00. The summed E-state index contributed by atoms with van der Waals surface area (Å²) in [4.78, 5) is 0. The number of hydrogen-bond acceptors (Lipinski definition) is 1. The van der Waals surface area contributed by atoms with Crippen molar-refractivity contribution in [3.05, 3.63) is 0 Å². The molecule has 7 heavy (non-hydrogen) atoms. The van der Waals surface area contributed by atoms with Gasteiger partial charge in [-0.15, -0.1) is 17.0 Å². The van der Waals surface area contributed by atoms with Gasteiger partial charge in [-0.3, -0.25) is 0 Å². The van der Waals surface area contributed by atoms with Crippen LogP contribution in [0.25, 0.3) is 0 Å². The first-order valence-electron chi connectivity index (χ1n) is 2.62. The van der Waals surface area contributed by atoms with Gasteiger partial charge in [0, 0.05) is 0 Å². The maximum atomic E-state index is 3.20. The highest BCUT2D eigenvalue weighted by Gasteiger charge is 1.71. The second-order valence-electron chi connectivity index (χ2n) is 1.35. The van der Waals surface area contributed by atoms with Crippen LogP contribution >= 0.6 is 17.0 Å². The number of nitrogens with one attached hydrogen (secondary N) is 1. The van der Waals surface area contributed by atoms with E-state index in [1.807, 2.05) is 0 Å². The van der Waals surface area contributed by atoms with Crippen molar-refractivity contribution in [2.24, 2.45) is 0 Å². The zero-order valence-electron chi connectivity index (χ0n) is 5.03. The van der Waals surface area contributed by atoms with Gasteiger partial charge in [0.1, 0.15) is 0 Å². The van der Waals surface area contributed by atoms with Gasteiger partial charge < -0.3 is 5.32 Å². The Labute approximate surface area is 56.3 Å². The van der Waals surface area contributed by atoms with Crippen molar-refractivity contribution in [3.8, 4) is 0 Å². The standard InChI is InChI=1S/C5H13N.BrH/c1-3-5-6-4-2;/h6H,3-5H2,1-2H3;1H. The molecular formula is C5H14BrN. The molecule has 0 bridgehead atoms. The minimum atomic E-state index is 0. The summed E-state index contributed by atoms with van der Waals surface area (Å²) in [6.45, 7) is 6.56. The van der Waals surface area contributed by atoms with Gasteiger partial charge in [-0.2, -0.15) is 0 Å². The molecular weight excluding hydrogens is 154 g/mol. The Kier molecular flexibility index (Phi) is 14.4. The average molecular weight is 168 g/mol. The summed E-state index contributed by atoms with van der Waals surface area (Å²) in [6.07, 6.45) is 1.24. The summed E-state index contributed by atoms with van der Waals surface area (Å²) in [7, 11) is 0. The quantitative estimate of drug-likeness (QED) is 0.631. The molecule has 1 nitrogen and oxygen atoms in total. The van der Waals surface area contributed by atoms with Crippen molar-refractivity contribution in [2.75, 3.05) is 13.1 Å². The summed E-state index contributed by atoms with van der Waals surface area (Å²) in [5.74, 6) is 0. The molecule has 1 N–H and O–H groups in total. The first-order chi connectivity index (χ1) is 2.91. The van der Waals surface area contributed by atoms with Gasteiger partial charge >= 0.3 is 0 Å². The molecule has 0 aliphatic heterocycles. The lowest BCUT2D eigenvalue weighted by atomic mass is 10.5. The van der Waals surface area contributed by atoms with Gasteiger partial charge in [0.2, 0.25) is 0 Å². The smallest absolute Gasteiger partial charge is 0.00517 e. The molecule has 0 atom stereocenters. The molecule has 0 aromatic heterocycles. The lowest BCUT2D eigenvalue weighted by Crippen LogP contribution is -2.12. The molecule has 2 heteroatoms. The van der Waals surface area contributed by atoms with Gasteiger partial charge in [0.15, 0.2) is 0 Å². The number of hydrogen-bond donors (Lipinski definition) is 1. The van der Waals surface area contributed by atoms with E-state index in [2.05, 4.69) is 19.2 Å². The van der Waals surface area contributed by atoms with Crippen LogP contribution in [-0.2, 0) is 0 Å². The van der Waals surface area contributed by atoms with Crippen LogP contribution in [0.5, 0.6) is 0 Å². The van der Waals surface area contributed by atoms with E-state index in [1.165, 1.54) is 6.42 Å². The Bertz CT molecular complexity index is 20.0. The van der Waals surface area contributed by atoms with E-state index in [4.69, 9.17) is 0 Å². The van der Waals surface area contributed by atoms with Gasteiger partial charge in [-0.25, -0.2) is 0 Å². The maximum Gasteiger partial charge on any atom is -0.00517 e. The normalized spacial score (nSPS) is 7.71. The zero-order valence-corrected chi connectivity index (χ0v) is 6.74. The van der Waals surface area contributed by atoms with Crippen LogP contribution in [0, 0.1) is 0 Å². The predicted octanol–water partition coefficient (Wildman–Crippen LogP) is 1.58. The van der Waals surface area contributed by atoms with Gasteiger partial charge in [-0.1, -0.05) is 13.8 Å². The largest absolute Gasteiger partial charge is 0.317 e. The fourth-order valence-corrected chi connectivity index (χ4v) is 0.354. The molecule has 0 aliphatic rings. The molecule has 0 aliphatic carbocycles. The van der Waals surface area contributed by atoms with Crippen LogP contribution in [0.1, 0.15) is 20.3 Å². The minimum absolute atomic E-state index is 0. The molecule has 0 amide bonds. The molecule has 0 saturated heterocycles. The monoisotopic (exact) mass is 167 g/mol. The Hall–Kier alpha value is 0.440. The Morgan fingerprint density at radius 3 is 2.00 bits per heavy atom. The van der Waals surface area contributed by atoms with E-state index < -0.39 is 0 Å². The fourth-order valence-electron chi connectivity index (χ4n) is 0.354. The van der Waals surface area contributed by atoms with Crippen LogP contribution in [0.15, 0.2) is 0 Å². The summed E-state index contributed by atoms with van der Waals surface area (Å²) in [5.41, 5.74) is 0. The topological polar surface area (TPSA) is 12.0 Å². The summed E-state index contributed by atoms with van der Waals surface area (Å²) < 4.78 is 0. The Morgan fingerprint density at radius 2 is 1.86 bits per heavy atom. The molecule has 0 aromatic rings. The highest BCUT2D eigenvalue weighted by molar-refractivity contribution is 8.93. The molecule has 0 saturated carbocycles. The highest BCUT2D eigenvalue weighted by atomic mass is 79.9. The zero-order chi connectivity index (χ0) is 4.83. The van der Waals surface area contributed by atoms with Crippen LogP contribution in [0.2, 0.25) is 0 Å². The highest BCUT2D eigenvalue weighted by Crippen LogP contribution is 1.65. The minimum Gasteiger partial charge on any atom is -0.317 e. The average Bonchev–Trinajstić information content (AvgIpc) is 1.61. The van der Waals surface area contributed by atoms with E-state index in [9.17, 15) is 0 Å². The van der Waals surface area contributed by atoms with E-state index in [0.717, 1.165) is 13.1 Å². The summed E-state index contributed by atoms with van der Waals surface area (Å²) in [5, 5.41) is 3.20.